The number of rotatable bonds is 4. The number of hydrogen-bond acceptors (Lipinski definition) is 0. The van der Waals surface area contributed by atoms with Crippen molar-refractivity contribution in [3.05, 3.63) is 106 Å². The molecule has 0 amide bonds. The lowest BCUT2D eigenvalue weighted by Gasteiger charge is -2.31. The smallest absolute Gasteiger partial charge is 0.103 e. The van der Waals surface area contributed by atoms with E-state index in [-0.39, 0.29) is 0 Å². The summed E-state index contributed by atoms with van der Waals surface area (Å²) in [4.78, 5) is -0.794. The molecule has 1 saturated carbocycles. The maximum Gasteiger partial charge on any atom is 0.121 e. The first kappa shape index (κ1) is 16.7. The predicted molar refractivity (Wildman–Crippen MR) is 107 cm³/mol. The van der Waals surface area contributed by atoms with E-state index in [2.05, 4.69) is 36.4 Å². The number of benzene rings is 3. The third-order valence-electron chi connectivity index (χ3n) is 5.30. The Hall–Kier alpha value is -1.76. The molecular weight excluding hydrogens is 347 g/mol. The molecule has 0 heterocycles. The van der Waals surface area contributed by atoms with Crippen LogP contribution in [0.2, 0.25) is 5.02 Å². The summed E-state index contributed by atoms with van der Waals surface area (Å²) >= 11 is 13.9. The number of hydrogen-bond donors (Lipinski definition) is 0. The molecule has 3 aromatic rings. The molecule has 1 aliphatic rings. The summed E-state index contributed by atoms with van der Waals surface area (Å²) < 4.78 is 0. The highest BCUT2D eigenvalue weighted by atomic mass is 35.5. The normalized spacial score (nSPS) is 16.9. The molecule has 0 spiro atoms. The van der Waals surface area contributed by atoms with Gasteiger partial charge in [0.05, 0.1) is 0 Å². The van der Waals surface area contributed by atoms with Crippen molar-refractivity contribution in [3.8, 4) is 0 Å². The van der Waals surface area contributed by atoms with Crippen LogP contribution >= 0.6 is 23.2 Å². The van der Waals surface area contributed by atoms with Gasteiger partial charge in [0.25, 0.3) is 0 Å². The summed E-state index contributed by atoms with van der Waals surface area (Å²) in [7, 11) is 0. The first-order valence-electron chi connectivity index (χ1n) is 8.79. The van der Waals surface area contributed by atoms with Gasteiger partial charge in [-0.2, -0.15) is 0 Å². The Morgan fingerprint density at radius 2 is 1.32 bits per heavy atom. The molecule has 1 aliphatic carbocycles. The topological polar surface area (TPSA) is 0 Å². The van der Waals surface area contributed by atoms with Crippen molar-refractivity contribution in [2.75, 3.05) is 0 Å². The van der Waals surface area contributed by atoms with Crippen molar-refractivity contribution in [1.82, 2.24) is 0 Å². The molecule has 0 N–H and O–H groups in total. The standard InChI is InChI=1S/C23H20Cl2/c24-22-12-5-4-11-21(22)23(25,19-9-2-1-3-10-19)20-15-13-18(14-16-20)17-7-6-8-17/h1-5,9-17H,6-8H2. The second kappa shape index (κ2) is 6.86. The predicted octanol–water partition coefficient (Wildman–Crippen LogP) is 7.14. The highest BCUT2D eigenvalue weighted by Crippen LogP contribution is 2.46. The lowest BCUT2D eigenvalue weighted by molar-refractivity contribution is 0.419. The Labute approximate surface area is 159 Å². The Morgan fingerprint density at radius 3 is 1.92 bits per heavy atom. The minimum Gasteiger partial charge on any atom is -0.103 e. The zero-order chi connectivity index (χ0) is 17.3. The van der Waals surface area contributed by atoms with Crippen LogP contribution in [0.4, 0.5) is 0 Å². The zero-order valence-electron chi connectivity index (χ0n) is 14.0. The maximum absolute atomic E-state index is 7.32. The third-order valence-corrected chi connectivity index (χ3v) is 6.27. The van der Waals surface area contributed by atoms with E-state index in [4.69, 9.17) is 23.2 Å². The lowest BCUT2D eigenvalue weighted by Crippen LogP contribution is -2.23. The van der Waals surface area contributed by atoms with E-state index in [9.17, 15) is 0 Å². The molecule has 1 unspecified atom stereocenters. The second-order valence-electron chi connectivity index (χ2n) is 6.75. The molecule has 25 heavy (non-hydrogen) atoms. The van der Waals surface area contributed by atoms with E-state index in [0.717, 1.165) is 22.6 Å². The van der Waals surface area contributed by atoms with Crippen LogP contribution in [0.25, 0.3) is 0 Å². The Bertz CT molecular complexity index is 851. The van der Waals surface area contributed by atoms with Crippen LogP contribution in [0.15, 0.2) is 78.9 Å². The van der Waals surface area contributed by atoms with Gasteiger partial charge in [0.15, 0.2) is 0 Å². The monoisotopic (exact) mass is 366 g/mol. The minimum atomic E-state index is -0.794. The van der Waals surface area contributed by atoms with Crippen LogP contribution in [-0.2, 0) is 4.87 Å². The summed E-state index contributed by atoms with van der Waals surface area (Å²) in [5, 5.41) is 0.685. The molecule has 2 heteroatoms. The van der Waals surface area contributed by atoms with E-state index < -0.39 is 4.87 Å². The summed E-state index contributed by atoms with van der Waals surface area (Å²) in [6, 6.07) is 26.8. The van der Waals surface area contributed by atoms with Crippen molar-refractivity contribution < 1.29 is 0 Å². The van der Waals surface area contributed by atoms with Gasteiger partial charge in [0, 0.05) is 10.6 Å². The molecule has 3 aromatic carbocycles. The van der Waals surface area contributed by atoms with Crippen molar-refractivity contribution in [1.29, 1.82) is 0 Å². The SMILES string of the molecule is Clc1ccccc1C(Cl)(c1ccccc1)c1ccc(C2CCC2)cc1. The molecule has 0 nitrogen and oxygen atoms in total. The molecule has 0 aromatic heterocycles. The molecule has 0 bridgehead atoms. The molecular formula is C23H20Cl2. The van der Waals surface area contributed by atoms with Crippen LogP contribution in [0.5, 0.6) is 0 Å². The zero-order valence-corrected chi connectivity index (χ0v) is 15.5. The van der Waals surface area contributed by atoms with Crippen molar-refractivity contribution in [2.45, 2.75) is 30.1 Å². The second-order valence-corrected chi connectivity index (χ2v) is 7.73. The fraction of sp³-hybridized carbons (Fsp3) is 0.217. The van der Waals surface area contributed by atoms with Gasteiger partial charge >= 0.3 is 0 Å². The van der Waals surface area contributed by atoms with Crippen molar-refractivity contribution in [2.24, 2.45) is 0 Å². The number of alkyl halides is 1. The molecule has 0 aliphatic heterocycles. The van der Waals surface area contributed by atoms with Crippen molar-refractivity contribution in [3.63, 3.8) is 0 Å². The number of halogens is 2. The maximum atomic E-state index is 7.32. The fourth-order valence-corrected chi connectivity index (χ4v) is 4.36. The van der Waals surface area contributed by atoms with E-state index in [0.29, 0.717) is 5.02 Å². The average molecular weight is 367 g/mol. The van der Waals surface area contributed by atoms with Crippen LogP contribution < -0.4 is 0 Å². The molecule has 1 fully saturated rings. The highest BCUT2D eigenvalue weighted by Gasteiger charge is 2.35. The average Bonchev–Trinajstić information content (AvgIpc) is 2.61. The van der Waals surface area contributed by atoms with E-state index in [1.54, 1.807) is 0 Å². The first-order chi connectivity index (χ1) is 12.2. The molecule has 0 saturated heterocycles. The first-order valence-corrected chi connectivity index (χ1v) is 9.55. The van der Waals surface area contributed by atoms with Gasteiger partial charge in [-0.25, -0.2) is 0 Å². The van der Waals surface area contributed by atoms with Gasteiger partial charge in [-0.05, 0) is 41.5 Å². The van der Waals surface area contributed by atoms with Crippen molar-refractivity contribution >= 4 is 23.2 Å². The van der Waals surface area contributed by atoms with Gasteiger partial charge in [-0.3, -0.25) is 0 Å². The summed E-state index contributed by atoms with van der Waals surface area (Å²) in [6.07, 6.45) is 3.94. The molecule has 0 radical (unpaired) electrons. The van der Waals surface area contributed by atoms with Gasteiger partial charge in [0.2, 0.25) is 0 Å². The Kier molecular flexibility index (Phi) is 4.58. The Morgan fingerprint density at radius 1 is 0.720 bits per heavy atom. The van der Waals surface area contributed by atoms with E-state index >= 15 is 0 Å². The minimum absolute atomic E-state index is 0.685. The molecule has 1 atom stereocenters. The van der Waals surface area contributed by atoms with Gasteiger partial charge in [-0.15, -0.1) is 11.6 Å². The lowest BCUT2D eigenvalue weighted by atomic mass is 9.78. The quantitative estimate of drug-likeness (QED) is 0.340. The molecule has 126 valence electrons. The third kappa shape index (κ3) is 2.99. The largest absolute Gasteiger partial charge is 0.121 e. The van der Waals surface area contributed by atoms with Crippen LogP contribution in [0.1, 0.15) is 47.4 Å². The van der Waals surface area contributed by atoms with Gasteiger partial charge in [-0.1, -0.05) is 90.8 Å². The van der Waals surface area contributed by atoms with Crippen LogP contribution in [0, 0.1) is 0 Å². The van der Waals surface area contributed by atoms with Crippen LogP contribution in [-0.4, -0.2) is 0 Å². The van der Waals surface area contributed by atoms with Gasteiger partial charge < -0.3 is 0 Å². The summed E-state index contributed by atoms with van der Waals surface area (Å²) in [6.45, 7) is 0. The fourth-order valence-electron chi connectivity index (χ4n) is 3.61. The highest BCUT2D eigenvalue weighted by molar-refractivity contribution is 6.34. The van der Waals surface area contributed by atoms with E-state index in [1.165, 1.54) is 24.8 Å². The summed E-state index contributed by atoms with van der Waals surface area (Å²) in [5.74, 6) is 0.718. The summed E-state index contributed by atoms with van der Waals surface area (Å²) in [5.41, 5.74) is 4.42. The Balaban J connectivity index is 1.85. The van der Waals surface area contributed by atoms with E-state index in [1.807, 2.05) is 42.5 Å². The molecule has 4 rings (SSSR count). The van der Waals surface area contributed by atoms with Gasteiger partial charge in [0.1, 0.15) is 4.87 Å². The van der Waals surface area contributed by atoms with Crippen LogP contribution in [0.3, 0.4) is 0 Å².